The van der Waals surface area contributed by atoms with Crippen molar-refractivity contribution in [2.24, 2.45) is 5.92 Å². The van der Waals surface area contributed by atoms with Gasteiger partial charge in [-0.1, -0.05) is 29.8 Å². The molecule has 1 aromatic carbocycles. The van der Waals surface area contributed by atoms with Gasteiger partial charge >= 0.3 is 0 Å². The summed E-state index contributed by atoms with van der Waals surface area (Å²) in [6.07, 6.45) is 2.53. The van der Waals surface area contributed by atoms with Crippen molar-refractivity contribution >= 4 is 17.5 Å². The standard InChI is InChI=1S/C16H21ClN2O/c1-18-9-8-13-10-19(11-15(13)18)16(20)7-6-12-4-2-3-5-14(12)17/h2-5,13,15H,6-11H2,1H3/t13-,15+/m0/s1. The summed E-state index contributed by atoms with van der Waals surface area (Å²) in [5, 5.41) is 0.762. The topological polar surface area (TPSA) is 23.6 Å². The third kappa shape index (κ3) is 2.70. The van der Waals surface area contributed by atoms with Crippen molar-refractivity contribution in [2.75, 3.05) is 26.7 Å². The number of carbonyl (C=O) groups excluding carboxylic acids is 1. The van der Waals surface area contributed by atoms with E-state index < -0.39 is 0 Å². The fourth-order valence-electron chi connectivity index (χ4n) is 3.48. The van der Waals surface area contributed by atoms with Gasteiger partial charge in [-0.2, -0.15) is 0 Å². The maximum Gasteiger partial charge on any atom is 0.222 e. The number of benzene rings is 1. The van der Waals surface area contributed by atoms with Gasteiger partial charge in [0, 0.05) is 30.6 Å². The Morgan fingerprint density at radius 2 is 2.15 bits per heavy atom. The monoisotopic (exact) mass is 292 g/mol. The van der Waals surface area contributed by atoms with Crippen LogP contribution < -0.4 is 0 Å². The Morgan fingerprint density at radius 1 is 1.35 bits per heavy atom. The van der Waals surface area contributed by atoms with Crippen molar-refractivity contribution in [2.45, 2.75) is 25.3 Å². The Kier molecular flexibility index (Phi) is 3.99. The zero-order chi connectivity index (χ0) is 14.1. The van der Waals surface area contributed by atoms with Gasteiger partial charge < -0.3 is 9.80 Å². The summed E-state index contributed by atoms with van der Waals surface area (Å²) in [6.45, 7) is 3.02. The average Bonchev–Trinajstić information content (AvgIpc) is 3.00. The molecule has 108 valence electrons. The minimum atomic E-state index is 0.271. The van der Waals surface area contributed by atoms with Crippen molar-refractivity contribution in [1.29, 1.82) is 0 Å². The van der Waals surface area contributed by atoms with Gasteiger partial charge in [0.1, 0.15) is 0 Å². The lowest BCUT2D eigenvalue weighted by molar-refractivity contribution is -0.130. The Balaban J connectivity index is 1.55. The van der Waals surface area contributed by atoms with Crippen LogP contribution in [0.3, 0.4) is 0 Å². The van der Waals surface area contributed by atoms with E-state index in [1.807, 2.05) is 29.2 Å². The number of fused-ring (bicyclic) bond motifs is 1. The molecule has 2 heterocycles. The number of hydrogen-bond donors (Lipinski definition) is 0. The van der Waals surface area contributed by atoms with Crippen LogP contribution in [0.25, 0.3) is 0 Å². The number of rotatable bonds is 3. The fraction of sp³-hybridized carbons (Fsp3) is 0.562. The molecule has 0 bridgehead atoms. The first-order valence-corrected chi connectivity index (χ1v) is 7.74. The van der Waals surface area contributed by atoms with Crippen LogP contribution in [-0.2, 0) is 11.2 Å². The van der Waals surface area contributed by atoms with Gasteiger partial charge in [-0.3, -0.25) is 4.79 Å². The molecule has 3 rings (SSSR count). The highest BCUT2D eigenvalue weighted by atomic mass is 35.5. The van der Waals surface area contributed by atoms with Crippen molar-refractivity contribution in [3.8, 4) is 0 Å². The first kappa shape index (κ1) is 13.9. The Morgan fingerprint density at radius 3 is 2.90 bits per heavy atom. The normalized spacial score (nSPS) is 26.0. The molecule has 1 aromatic rings. The molecular weight excluding hydrogens is 272 g/mol. The Hall–Kier alpha value is -1.06. The van der Waals surface area contributed by atoms with E-state index in [0.29, 0.717) is 18.4 Å². The van der Waals surface area contributed by atoms with Crippen LogP contribution in [0.1, 0.15) is 18.4 Å². The van der Waals surface area contributed by atoms with Gasteiger partial charge in [-0.25, -0.2) is 0 Å². The van der Waals surface area contributed by atoms with E-state index in [4.69, 9.17) is 11.6 Å². The number of likely N-dealkylation sites (N-methyl/N-ethyl adjacent to an activating group) is 1. The van der Waals surface area contributed by atoms with E-state index in [1.54, 1.807) is 0 Å². The van der Waals surface area contributed by atoms with Gasteiger partial charge in [0.15, 0.2) is 0 Å². The lowest BCUT2D eigenvalue weighted by Crippen LogP contribution is -2.35. The van der Waals surface area contributed by atoms with Gasteiger partial charge in [0.05, 0.1) is 0 Å². The van der Waals surface area contributed by atoms with Gasteiger partial charge in [-0.05, 0) is 44.0 Å². The van der Waals surface area contributed by atoms with Crippen LogP contribution in [0.4, 0.5) is 0 Å². The fourth-order valence-corrected chi connectivity index (χ4v) is 3.71. The zero-order valence-corrected chi connectivity index (χ0v) is 12.6. The Labute approximate surface area is 125 Å². The molecule has 0 radical (unpaired) electrons. The molecule has 0 unspecified atom stereocenters. The second kappa shape index (κ2) is 5.74. The second-order valence-electron chi connectivity index (χ2n) is 5.99. The van der Waals surface area contributed by atoms with Crippen molar-refractivity contribution in [1.82, 2.24) is 9.80 Å². The summed E-state index contributed by atoms with van der Waals surface area (Å²) in [5.74, 6) is 0.956. The van der Waals surface area contributed by atoms with E-state index in [1.165, 1.54) is 13.0 Å². The Bertz CT molecular complexity index is 505. The highest BCUT2D eigenvalue weighted by Gasteiger charge is 2.40. The van der Waals surface area contributed by atoms with Crippen molar-refractivity contribution < 1.29 is 4.79 Å². The van der Waals surface area contributed by atoms with Crippen LogP contribution in [0.2, 0.25) is 5.02 Å². The molecule has 1 amide bonds. The minimum absolute atomic E-state index is 0.271. The van der Waals surface area contributed by atoms with E-state index in [2.05, 4.69) is 11.9 Å². The number of hydrogen-bond acceptors (Lipinski definition) is 2. The number of carbonyl (C=O) groups is 1. The van der Waals surface area contributed by atoms with Crippen LogP contribution >= 0.6 is 11.6 Å². The minimum Gasteiger partial charge on any atom is -0.341 e. The zero-order valence-electron chi connectivity index (χ0n) is 11.9. The SMILES string of the molecule is CN1CC[C@H]2CN(C(=O)CCc3ccccc3Cl)C[C@H]21. The molecule has 2 saturated heterocycles. The summed E-state index contributed by atoms with van der Waals surface area (Å²) >= 11 is 6.13. The molecule has 2 aliphatic rings. The molecule has 4 heteroatoms. The molecule has 0 saturated carbocycles. The number of likely N-dealkylation sites (tertiary alicyclic amines) is 2. The second-order valence-corrected chi connectivity index (χ2v) is 6.39. The summed E-state index contributed by atoms with van der Waals surface area (Å²) in [6, 6.07) is 8.37. The maximum atomic E-state index is 12.3. The number of halogens is 1. The van der Waals surface area contributed by atoms with Gasteiger partial charge in [0.2, 0.25) is 5.91 Å². The van der Waals surface area contributed by atoms with Crippen molar-refractivity contribution in [3.63, 3.8) is 0 Å². The molecule has 2 aliphatic heterocycles. The largest absolute Gasteiger partial charge is 0.341 e. The van der Waals surface area contributed by atoms with E-state index in [9.17, 15) is 4.79 Å². The molecule has 3 nitrogen and oxygen atoms in total. The van der Waals surface area contributed by atoms with E-state index in [-0.39, 0.29) is 5.91 Å². The maximum absolute atomic E-state index is 12.3. The molecule has 0 aliphatic carbocycles. The predicted octanol–water partition coefficient (Wildman–Crippen LogP) is 2.44. The molecule has 0 N–H and O–H groups in total. The van der Waals surface area contributed by atoms with Gasteiger partial charge in [0.25, 0.3) is 0 Å². The van der Waals surface area contributed by atoms with Crippen LogP contribution in [-0.4, -0.2) is 48.4 Å². The third-order valence-corrected chi connectivity index (χ3v) is 5.11. The molecular formula is C16H21ClN2O. The number of nitrogens with zero attached hydrogens (tertiary/aromatic N) is 2. The lowest BCUT2D eigenvalue weighted by Gasteiger charge is -2.20. The highest BCUT2D eigenvalue weighted by molar-refractivity contribution is 6.31. The molecule has 0 spiro atoms. The smallest absolute Gasteiger partial charge is 0.222 e. The summed E-state index contributed by atoms with van der Waals surface area (Å²) in [5.41, 5.74) is 1.07. The van der Waals surface area contributed by atoms with Crippen molar-refractivity contribution in [3.05, 3.63) is 34.9 Å². The predicted molar refractivity (Wildman–Crippen MR) is 80.9 cm³/mol. The van der Waals surface area contributed by atoms with Gasteiger partial charge in [-0.15, -0.1) is 0 Å². The molecule has 2 fully saturated rings. The first-order valence-electron chi connectivity index (χ1n) is 7.36. The summed E-state index contributed by atoms with van der Waals surface area (Å²) in [4.78, 5) is 16.8. The highest BCUT2D eigenvalue weighted by Crippen LogP contribution is 2.30. The lowest BCUT2D eigenvalue weighted by atomic mass is 10.1. The average molecular weight is 293 g/mol. The van der Waals surface area contributed by atoms with Crippen LogP contribution in [0.15, 0.2) is 24.3 Å². The van der Waals surface area contributed by atoms with E-state index >= 15 is 0 Å². The summed E-state index contributed by atoms with van der Waals surface area (Å²) in [7, 11) is 2.17. The molecule has 2 atom stereocenters. The quantitative estimate of drug-likeness (QED) is 0.854. The third-order valence-electron chi connectivity index (χ3n) is 4.74. The van der Waals surface area contributed by atoms with Crippen LogP contribution in [0, 0.1) is 5.92 Å². The first-order chi connectivity index (χ1) is 9.65. The molecule has 0 aromatic heterocycles. The number of aryl methyl sites for hydroxylation is 1. The van der Waals surface area contributed by atoms with Crippen LogP contribution in [0.5, 0.6) is 0 Å². The van der Waals surface area contributed by atoms with E-state index in [0.717, 1.165) is 30.1 Å². The molecule has 20 heavy (non-hydrogen) atoms. The number of amides is 1. The summed E-state index contributed by atoms with van der Waals surface area (Å²) < 4.78 is 0.